The summed E-state index contributed by atoms with van der Waals surface area (Å²) in [4.78, 5) is 15.9. The zero-order valence-electron chi connectivity index (χ0n) is 37.0. The van der Waals surface area contributed by atoms with Crippen molar-refractivity contribution < 1.29 is 35.1 Å². The third-order valence-electron chi connectivity index (χ3n) is 19.2. The molecular formula is C55H65NO7. The van der Waals surface area contributed by atoms with Crippen LogP contribution in [-0.2, 0) is 23.2 Å². The van der Waals surface area contributed by atoms with E-state index in [1.165, 1.54) is 26.4 Å². The van der Waals surface area contributed by atoms with E-state index in [0.29, 0.717) is 43.7 Å². The number of hydrogen-bond donors (Lipinski definition) is 6. The van der Waals surface area contributed by atoms with Crippen LogP contribution in [0.4, 0.5) is 0 Å². The largest absolute Gasteiger partial charge is 0.504 e. The van der Waals surface area contributed by atoms with Crippen molar-refractivity contribution in [1.82, 2.24) is 5.32 Å². The minimum Gasteiger partial charge on any atom is -0.504 e. The second-order valence-electron chi connectivity index (χ2n) is 21.5. The molecule has 8 nitrogen and oxygen atoms in total. The molecule has 3 aromatic carbocycles. The van der Waals surface area contributed by atoms with Gasteiger partial charge in [-0.2, -0.15) is 0 Å². The zero-order valence-corrected chi connectivity index (χ0v) is 37.0. The van der Waals surface area contributed by atoms with E-state index < -0.39 is 34.3 Å². The number of methoxy groups -OCH3 is 1. The van der Waals surface area contributed by atoms with Gasteiger partial charge >= 0.3 is 0 Å². The van der Waals surface area contributed by atoms with E-state index in [0.717, 1.165) is 67.2 Å². The predicted molar refractivity (Wildman–Crippen MR) is 241 cm³/mol. The summed E-state index contributed by atoms with van der Waals surface area (Å²) in [6.07, 6.45) is 18.0. The molecule has 5 fully saturated rings. The number of phenolic OH excluding ortho intramolecular Hbond substituents is 3. The number of carbonyl (C=O) groups is 1. The quantitative estimate of drug-likeness (QED) is 0.0543. The number of aromatic hydroxyl groups is 3. The number of unbranched alkanes of at least 4 members (excludes halogenated alkanes) is 2. The Bertz CT molecular complexity index is 2420. The lowest BCUT2D eigenvalue weighted by atomic mass is 9.27. The molecule has 1 heterocycles. The molecule has 13 atom stereocenters. The fourth-order valence-electron chi connectivity index (χ4n) is 16.9. The number of nitrogens with one attached hydrogen (secondary N) is 1. The highest BCUT2D eigenvalue weighted by Crippen LogP contribution is 2.81. The fourth-order valence-corrected chi connectivity index (χ4v) is 16.9. The van der Waals surface area contributed by atoms with Crippen LogP contribution in [-0.4, -0.2) is 56.1 Å². The molecule has 6 bridgehead atoms. The van der Waals surface area contributed by atoms with E-state index >= 15 is 4.79 Å². The van der Waals surface area contributed by atoms with Crippen molar-refractivity contribution in [2.24, 2.45) is 46.3 Å². The first-order chi connectivity index (χ1) is 30.5. The van der Waals surface area contributed by atoms with Crippen molar-refractivity contribution in [3.63, 3.8) is 0 Å². The number of rotatable bonds is 9. The third kappa shape index (κ3) is 5.67. The maximum Gasteiger partial charge on any atom is 0.160 e. The first-order valence-electron chi connectivity index (χ1n) is 24.3. The molecule has 0 aromatic heterocycles. The van der Waals surface area contributed by atoms with E-state index in [2.05, 4.69) is 48.4 Å². The van der Waals surface area contributed by atoms with Gasteiger partial charge < -0.3 is 35.6 Å². The summed E-state index contributed by atoms with van der Waals surface area (Å²) < 4.78 is 5.65. The van der Waals surface area contributed by atoms with Gasteiger partial charge in [-0.25, -0.2) is 0 Å². The van der Waals surface area contributed by atoms with Gasteiger partial charge in [-0.15, -0.1) is 0 Å². The average molecular weight is 852 g/mol. The first kappa shape index (κ1) is 41.4. The van der Waals surface area contributed by atoms with Crippen molar-refractivity contribution in [3.8, 4) is 34.8 Å². The van der Waals surface area contributed by atoms with Crippen LogP contribution < -0.4 is 10.1 Å². The van der Waals surface area contributed by atoms with Gasteiger partial charge in [-0.1, -0.05) is 86.9 Å². The summed E-state index contributed by atoms with van der Waals surface area (Å²) in [5.74, 6) is 6.51. The Kier molecular flexibility index (Phi) is 9.78. The van der Waals surface area contributed by atoms with Gasteiger partial charge in [0.1, 0.15) is 5.78 Å². The number of allylic oxidation sites excluding steroid dienone is 2. The molecule has 0 radical (unpaired) electrons. The SMILES string of the molecule is CCCCCC1C(=O)CC(c2cc(OC)c(O)cc2CO)C(Cc2ccccc2)C#CC2CNC34CCC56C=CC7CCCC7(C5)C5CC6C3(c3cc(O)c(O)cc35)C2C1(O)CC4. The number of Topliss-reactive ketones (excluding diaryl/α,β-unsaturated/α-hetero) is 1. The normalized spacial score (nSPS) is 40.2. The van der Waals surface area contributed by atoms with Crippen LogP contribution in [0.5, 0.6) is 23.0 Å². The topological polar surface area (TPSA) is 139 Å². The van der Waals surface area contributed by atoms with Gasteiger partial charge in [0.05, 0.1) is 19.3 Å². The standard InChI is InChI=1S/C55H65NO7/c1-3-4-6-13-41-44(58)25-38(39-27-48(63-2)47(61)24-36(39)31-57)34(23-33-10-7-5-8-11-33)14-15-35-30-56-53-20-19-51-18-16-37-12-9-17-52(37,32-51)42-29-49(51)55(53,50(35)54(41,62)22-21-53)43-28-46(60)45(59)26-40(42)43/h5,7-8,10-11,16,18,24,26-28,34-35,37-38,41-42,49-50,56-57,59-62H,3-4,6,9,12-13,17,19-23,25,29-32H2,1-2H3. The van der Waals surface area contributed by atoms with E-state index in [-0.39, 0.29) is 76.3 Å². The molecule has 1 saturated heterocycles. The highest BCUT2D eigenvalue weighted by Gasteiger charge is 2.80. The predicted octanol–water partition coefficient (Wildman–Crippen LogP) is 9.10. The van der Waals surface area contributed by atoms with Gasteiger partial charge in [-0.05, 0) is 145 Å². The first-order valence-corrected chi connectivity index (χ1v) is 24.3. The molecular weight excluding hydrogens is 787 g/mol. The Labute approximate surface area is 372 Å². The summed E-state index contributed by atoms with van der Waals surface area (Å²) in [5, 5.41) is 63.5. The van der Waals surface area contributed by atoms with Crippen molar-refractivity contribution in [3.05, 3.63) is 94.6 Å². The summed E-state index contributed by atoms with van der Waals surface area (Å²) in [6.45, 7) is 2.43. The second kappa shape index (κ2) is 14.9. The van der Waals surface area contributed by atoms with Crippen LogP contribution in [0.15, 0.2) is 66.7 Å². The third-order valence-corrected chi connectivity index (χ3v) is 19.2. The van der Waals surface area contributed by atoms with Gasteiger partial charge in [0.15, 0.2) is 23.0 Å². The highest BCUT2D eigenvalue weighted by molar-refractivity contribution is 5.84. The smallest absolute Gasteiger partial charge is 0.160 e. The van der Waals surface area contributed by atoms with Gasteiger partial charge in [0.25, 0.3) is 0 Å². The Morgan fingerprint density at radius 3 is 2.52 bits per heavy atom. The molecule has 332 valence electrons. The number of benzene rings is 3. The van der Waals surface area contributed by atoms with Crippen molar-refractivity contribution >= 4 is 5.78 Å². The Morgan fingerprint density at radius 1 is 0.921 bits per heavy atom. The van der Waals surface area contributed by atoms with Crippen LogP contribution in [0.25, 0.3) is 0 Å². The summed E-state index contributed by atoms with van der Waals surface area (Å²) in [7, 11) is 1.51. The number of ketones is 1. The molecule has 3 aromatic rings. The fraction of sp³-hybridized carbons (Fsp3) is 0.582. The number of piperidine rings is 1. The van der Waals surface area contributed by atoms with Gasteiger partial charge in [-0.3, -0.25) is 4.79 Å². The lowest BCUT2D eigenvalue weighted by Crippen LogP contribution is -2.84. The molecule has 6 N–H and O–H groups in total. The minimum atomic E-state index is -1.40. The van der Waals surface area contributed by atoms with Gasteiger partial charge in [0, 0.05) is 53.5 Å². The van der Waals surface area contributed by atoms with Crippen LogP contribution in [0.2, 0.25) is 0 Å². The lowest BCUT2D eigenvalue weighted by Gasteiger charge is -2.79. The molecule has 7 aliphatic carbocycles. The van der Waals surface area contributed by atoms with Gasteiger partial charge in [0.2, 0.25) is 0 Å². The average Bonchev–Trinajstić information content (AvgIpc) is 3.70. The monoisotopic (exact) mass is 851 g/mol. The maximum atomic E-state index is 15.9. The molecule has 8 aliphatic rings. The minimum absolute atomic E-state index is 0.0272. The molecule has 63 heavy (non-hydrogen) atoms. The molecule has 8 heteroatoms. The Balaban J connectivity index is 1.17. The number of fused-ring (bicyclic) bond motifs is 3. The van der Waals surface area contributed by atoms with Crippen molar-refractivity contribution in [2.45, 2.75) is 138 Å². The molecule has 13 unspecified atom stereocenters. The second-order valence-corrected chi connectivity index (χ2v) is 21.5. The highest BCUT2D eigenvalue weighted by atomic mass is 16.5. The van der Waals surface area contributed by atoms with Crippen molar-refractivity contribution in [2.75, 3.05) is 13.7 Å². The number of aliphatic hydroxyl groups is 2. The molecule has 4 saturated carbocycles. The Hall–Kier alpha value is -4.29. The molecule has 1 aliphatic heterocycles. The number of phenols is 3. The number of carbonyl (C=O) groups excluding carboxylic acids is 1. The van der Waals surface area contributed by atoms with E-state index in [9.17, 15) is 25.5 Å². The van der Waals surface area contributed by atoms with E-state index in [4.69, 9.17) is 4.74 Å². The number of ether oxygens (including phenoxy) is 1. The van der Waals surface area contributed by atoms with Crippen LogP contribution in [0.1, 0.15) is 136 Å². The molecule has 0 amide bonds. The molecule has 3 spiro atoms. The van der Waals surface area contributed by atoms with Crippen LogP contribution in [0, 0.1) is 58.2 Å². The summed E-state index contributed by atoms with van der Waals surface area (Å²) in [6, 6.07) is 17.4. The molecule has 11 rings (SSSR count). The summed E-state index contributed by atoms with van der Waals surface area (Å²) in [5.41, 5.74) is 2.15. The zero-order chi connectivity index (χ0) is 43.5. The lowest BCUT2D eigenvalue weighted by molar-refractivity contribution is -0.243. The number of hydrogen-bond acceptors (Lipinski definition) is 8. The van der Waals surface area contributed by atoms with Crippen LogP contribution in [0.3, 0.4) is 0 Å². The number of aliphatic hydroxyl groups excluding tert-OH is 1. The maximum absolute atomic E-state index is 15.9. The van der Waals surface area contributed by atoms with E-state index in [1.54, 1.807) is 12.1 Å². The van der Waals surface area contributed by atoms with Crippen LogP contribution >= 0.6 is 0 Å². The summed E-state index contributed by atoms with van der Waals surface area (Å²) >= 11 is 0. The van der Waals surface area contributed by atoms with Crippen molar-refractivity contribution in [1.29, 1.82) is 0 Å². The van der Waals surface area contributed by atoms with E-state index in [1.807, 2.05) is 30.3 Å². The Morgan fingerprint density at radius 2 is 1.73 bits per heavy atom.